The Hall–Kier alpha value is -3.42. The zero-order chi connectivity index (χ0) is 20.5. The molecule has 150 valence electrons. The van der Waals surface area contributed by atoms with Crippen molar-refractivity contribution < 1.29 is 28.5 Å². The van der Waals surface area contributed by atoms with E-state index in [-0.39, 0.29) is 13.2 Å². The van der Waals surface area contributed by atoms with Crippen molar-refractivity contribution in [1.29, 1.82) is 0 Å². The smallest absolute Gasteiger partial charge is 0.347 e. The van der Waals surface area contributed by atoms with Crippen molar-refractivity contribution in [2.24, 2.45) is 0 Å². The van der Waals surface area contributed by atoms with E-state index in [2.05, 4.69) is 0 Å². The van der Waals surface area contributed by atoms with Crippen LogP contribution >= 0.6 is 0 Å². The molecule has 2 rings (SSSR count). The normalized spacial score (nSPS) is 12.5. The fourth-order valence-electron chi connectivity index (χ4n) is 2.12. The second-order valence-electron chi connectivity index (χ2n) is 5.99. The van der Waals surface area contributed by atoms with Gasteiger partial charge in [0.1, 0.15) is 24.7 Å². The summed E-state index contributed by atoms with van der Waals surface area (Å²) in [7, 11) is 0. The number of nitrogen functional groups attached to an aromatic ring is 2. The highest BCUT2D eigenvalue weighted by Crippen LogP contribution is 2.16. The van der Waals surface area contributed by atoms with Crippen LogP contribution in [-0.2, 0) is 19.1 Å². The third-order valence-corrected chi connectivity index (χ3v) is 3.62. The largest absolute Gasteiger partial charge is 0.479 e. The maximum absolute atomic E-state index is 11.9. The van der Waals surface area contributed by atoms with E-state index in [0.717, 1.165) is 0 Å². The van der Waals surface area contributed by atoms with Crippen LogP contribution in [0.1, 0.15) is 13.8 Å². The number of nitrogens with two attached hydrogens (primary N) is 2. The first-order chi connectivity index (χ1) is 13.3. The molecule has 0 heterocycles. The Labute approximate surface area is 163 Å². The summed E-state index contributed by atoms with van der Waals surface area (Å²) >= 11 is 0. The minimum Gasteiger partial charge on any atom is -0.479 e. The highest BCUT2D eigenvalue weighted by Gasteiger charge is 2.18. The Kier molecular flexibility index (Phi) is 7.50. The highest BCUT2D eigenvalue weighted by atomic mass is 16.6. The van der Waals surface area contributed by atoms with E-state index in [1.54, 1.807) is 62.4 Å². The lowest BCUT2D eigenvalue weighted by atomic mass is 10.3. The van der Waals surface area contributed by atoms with Gasteiger partial charge in [0.25, 0.3) is 0 Å². The molecule has 0 aromatic heterocycles. The molecule has 4 N–H and O–H groups in total. The van der Waals surface area contributed by atoms with Gasteiger partial charge in [-0.05, 0) is 62.4 Å². The van der Waals surface area contributed by atoms with Crippen LogP contribution in [0.5, 0.6) is 11.5 Å². The van der Waals surface area contributed by atoms with E-state index in [1.165, 1.54) is 0 Å². The number of hydrogen-bond donors (Lipinski definition) is 2. The average Bonchev–Trinajstić information content (AvgIpc) is 2.68. The van der Waals surface area contributed by atoms with Gasteiger partial charge in [-0.2, -0.15) is 0 Å². The first-order valence-corrected chi connectivity index (χ1v) is 8.73. The maximum Gasteiger partial charge on any atom is 0.347 e. The summed E-state index contributed by atoms with van der Waals surface area (Å²) in [6.45, 7) is 2.95. The molecule has 2 aromatic carbocycles. The predicted octanol–water partition coefficient (Wildman–Crippen LogP) is 2.17. The standard InChI is InChI=1S/C20H24N2O6/c1-13(27-17-7-3-15(21)4-8-17)19(23)25-11-12-26-20(24)14(2)28-18-9-5-16(22)6-10-18/h3-10,13-14H,11-12,21-22H2,1-2H3/t13-,14-/m0/s1. The first kappa shape index (κ1) is 20.9. The van der Waals surface area contributed by atoms with E-state index in [9.17, 15) is 9.59 Å². The molecular formula is C20H24N2O6. The molecule has 2 aromatic rings. The summed E-state index contributed by atoms with van der Waals surface area (Å²) in [4.78, 5) is 23.8. The van der Waals surface area contributed by atoms with Crippen molar-refractivity contribution in [3.05, 3.63) is 48.5 Å². The van der Waals surface area contributed by atoms with Crippen LogP contribution in [0.2, 0.25) is 0 Å². The Balaban J connectivity index is 1.66. The fourth-order valence-corrected chi connectivity index (χ4v) is 2.12. The second-order valence-corrected chi connectivity index (χ2v) is 5.99. The van der Waals surface area contributed by atoms with Crippen molar-refractivity contribution in [3.8, 4) is 11.5 Å². The van der Waals surface area contributed by atoms with Gasteiger partial charge in [0.15, 0.2) is 12.2 Å². The van der Waals surface area contributed by atoms with E-state index in [4.69, 9.17) is 30.4 Å². The average molecular weight is 388 g/mol. The van der Waals surface area contributed by atoms with E-state index >= 15 is 0 Å². The molecule has 0 radical (unpaired) electrons. The Morgan fingerprint density at radius 2 is 1.04 bits per heavy atom. The summed E-state index contributed by atoms with van der Waals surface area (Å²) in [6.07, 6.45) is -1.63. The molecule has 0 amide bonds. The molecular weight excluding hydrogens is 364 g/mol. The summed E-state index contributed by atoms with van der Waals surface area (Å²) in [6, 6.07) is 13.3. The van der Waals surface area contributed by atoms with Crippen molar-refractivity contribution in [2.75, 3.05) is 24.7 Å². The third-order valence-electron chi connectivity index (χ3n) is 3.62. The minimum absolute atomic E-state index is 0.0887. The number of esters is 2. The van der Waals surface area contributed by atoms with Crippen LogP contribution in [0.15, 0.2) is 48.5 Å². The maximum atomic E-state index is 11.9. The lowest BCUT2D eigenvalue weighted by Crippen LogP contribution is -2.29. The van der Waals surface area contributed by atoms with E-state index in [0.29, 0.717) is 22.9 Å². The number of rotatable bonds is 9. The summed E-state index contributed by atoms with van der Waals surface area (Å²) in [5.74, 6) is -0.143. The zero-order valence-electron chi connectivity index (χ0n) is 15.8. The van der Waals surface area contributed by atoms with Gasteiger partial charge >= 0.3 is 11.9 Å². The third kappa shape index (κ3) is 6.71. The van der Waals surface area contributed by atoms with Gasteiger partial charge in [-0.3, -0.25) is 0 Å². The highest BCUT2D eigenvalue weighted by molar-refractivity contribution is 5.75. The number of benzene rings is 2. The molecule has 0 aliphatic heterocycles. The van der Waals surface area contributed by atoms with Crippen LogP contribution < -0.4 is 20.9 Å². The van der Waals surface area contributed by atoms with Gasteiger partial charge in [-0.15, -0.1) is 0 Å². The molecule has 8 heteroatoms. The molecule has 0 spiro atoms. The molecule has 0 aliphatic carbocycles. The molecule has 0 bridgehead atoms. The van der Waals surface area contributed by atoms with E-state index in [1.807, 2.05) is 0 Å². The lowest BCUT2D eigenvalue weighted by molar-refractivity contribution is -0.159. The predicted molar refractivity (Wildman–Crippen MR) is 104 cm³/mol. The zero-order valence-corrected chi connectivity index (χ0v) is 15.8. The number of ether oxygens (including phenoxy) is 4. The van der Waals surface area contributed by atoms with Crippen LogP contribution in [0.25, 0.3) is 0 Å². The number of anilines is 2. The number of carbonyl (C=O) groups is 2. The Bertz CT molecular complexity index is 709. The van der Waals surface area contributed by atoms with Gasteiger partial charge in [0.05, 0.1) is 0 Å². The first-order valence-electron chi connectivity index (χ1n) is 8.73. The van der Waals surface area contributed by atoms with Crippen molar-refractivity contribution >= 4 is 23.3 Å². The minimum atomic E-state index is -0.813. The van der Waals surface area contributed by atoms with Gasteiger partial charge < -0.3 is 30.4 Å². The van der Waals surface area contributed by atoms with Crippen molar-refractivity contribution in [1.82, 2.24) is 0 Å². The number of carbonyl (C=O) groups excluding carboxylic acids is 2. The Morgan fingerprint density at radius 1 is 0.714 bits per heavy atom. The van der Waals surface area contributed by atoms with Gasteiger partial charge in [-0.25, -0.2) is 9.59 Å². The molecule has 0 saturated carbocycles. The fraction of sp³-hybridized carbons (Fsp3) is 0.300. The molecule has 0 aliphatic rings. The van der Waals surface area contributed by atoms with Crippen molar-refractivity contribution in [2.45, 2.75) is 26.1 Å². The summed E-state index contributed by atoms with van der Waals surface area (Å²) < 4.78 is 21.0. The van der Waals surface area contributed by atoms with Crippen LogP contribution in [-0.4, -0.2) is 37.4 Å². The SMILES string of the molecule is C[C@H](Oc1ccc(N)cc1)C(=O)OCCOC(=O)[C@H](C)Oc1ccc(N)cc1. The summed E-state index contributed by atoms with van der Waals surface area (Å²) in [5, 5.41) is 0. The number of hydrogen-bond acceptors (Lipinski definition) is 8. The van der Waals surface area contributed by atoms with Gasteiger partial charge in [-0.1, -0.05) is 0 Å². The van der Waals surface area contributed by atoms with Gasteiger partial charge in [0.2, 0.25) is 0 Å². The van der Waals surface area contributed by atoms with Crippen LogP contribution in [0, 0.1) is 0 Å². The van der Waals surface area contributed by atoms with E-state index < -0.39 is 24.1 Å². The quantitative estimate of drug-likeness (QED) is 0.381. The van der Waals surface area contributed by atoms with Crippen molar-refractivity contribution in [3.63, 3.8) is 0 Å². The van der Waals surface area contributed by atoms with Crippen LogP contribution in [0.3, 0.4) is 0 Å². The monoisotopic (exact) mass is 388 g/mol. The van der Waals surface area contributed by atoms with Gasteiger partial charge in [0, 0.05) is 11.4 Å². The lowest BCUT2D eigenvalue weighted by Gasteiger charge is -2.15. The molecule has 0 fully saturated rings. The summed E-state index contributed by atoms with van der Waals surface area (Å²) in [5.41, 5.74) is 12.4. The second kappa shape index (κ2) is 10.1. The molecule has 0 unspecified atom stereocenters. The topological polar surface area (TPSA) is 123 Å². The van der Waals surface area contributed by atoms with Crippen LogP contribution in [0.4, 0.5) is 11.4 Å². The molecule has 8 nitrogen and oxygen atoms in total. The molecule has 28 heavy (non-hydrogen) atoms. The molecule has 2 atom stereocenters. The Morgan fingerprint density at radius 3 is 1.36 bits per heavy atom. The molecule has 0 saturated heterocycles.